The van der Waals surface area contributed by atoms with Crippen LogP contribution in [0.15, 0.2) is 48.7 Å². The highest BCUT2D eigenvalue weighted by atomic mass is 16.5. The van der Waals surface area contributed by atoms with Crippen molar-refractivity contribution in [3.8, 4) is 11.8 Å². The molecule has 24 heavy (non-hydrogen) atoms. The van der Waals surface area contributed by atoms with Crippen LogP contribution in [0.3, 0.4) is 0 Å². The fraction of sp³-hybridized carbons (Fsp3) is 0.222. The first kappa shape index (κ1) is 17.2. The van der Waals surface area contributed by atoms with Crippen molar-refractivity contribution in [2.24, 2.45) is 0 Å². The SMILES string of the molecule is N#CCCN(Cc1ccccn1)C(=O)COc1ccccc1C=O. The van der Waals surface area contributed by atoms with Crippen LogP contribution in [0.2, 0.25) is 0 Å². The average Bonchev–Trinajstić information content (AvgIpc) is 2.64. The second-order valence-electron chi connectivity index (χ2n) is 4.99. The van der Waals surface area contributed by atoms with Gasteiger partial charge >= 0.3 is 0 Å². The minimum atomic E-state index is -0.267. The van der Waals surface area contributed by atoms with Crippen LogP contribution >= 0.6 is 0 Å². The largest absolute Gasteiger partial charge is 0.483 e. The van der Waals surface area contributed by atoms with E-state index >= 15 is 0 Å². The Hall–Kier alpha value is -3.20. The molecule has 0 aliphatic heterocycles. The summed E-state index contributed by atoms with van der Waals surface area (Å²) in [5.41, 5.74) is 1.12. The summed E-state index contributed by atoms with van der Waals surface area (Å²) in [5.74, 6) is 0.0931. The van der Waals surface area contributed by atoms with Crippen molar-refractivity contribution in [2.45, 2.75) is 13.0 Å². The molecule has 0 radical (unpaired) electrons. The van der Waals surface area contributed by atoms with E-state index in [1.54, 1.807) is 36.5 Å². The van der Waals surface area contributed by atoms with Crippen molar-refractivity contribution in [1.29, 1.82) is 5.26 Å². The number of rotatable bonds is 8. The molecule has 1 aromatic carbocycles. The molecule has 0 N–H and O–H groups in total. The predicted molar refractivity (Wildman–Crippen MR) is 87.2 cm³/mol. The van der Waals surface area contributed by atoms with E-state index < -0.39 is 0 Å². The van der Waals surface area contributed by atoms with Crippen molar-refractivity contribution < 1.29 is 14.3 Å². The molecule has 122 valence electrons. The standard InChI is InChI=1S/C18H17N3O3/c19-9-5-11-21(12-16-7-3-4-10-20-16)18(23)14-24-17-8-2-1-6-15(17)13-22/h1-4,6-8,10,13H,5,11-12,14H2. The van der Waals surface area contributed by atoms with Gasteiger partial charge in [-0.2, -0.15) is 5.26 Å². The summed E-state index contributed by atoms with van der Waals surface area (Å²) < 4.78 is 5.46. The molecular weight excluding hydrogens is 306 g/mol. The maximum Gasteiger partial charge on any atom is 0.260 e. The molecule has 1 amide bonds. The summed E-state index contributed by atoms with van der Waals surface area (Å²) in [6, 6.07) is 14.2. The van der Waals surface area contributed by atoms with Crippen LogP contribution in [-0.2, 0) is 11.3 Å². The quantitative estimate of drug-likeness (QED) is 0.696. The van der Waals surface area contributed by atoms with Crippen LogP contribution in [0.4, 0.5) is 0 Å². The first-order chi connectivity index (χ1) is 11.7. The van der Waals surface area contributed by atoms with Crippen LogP contribution in [0.1, 0.15) is 22.5 Å². The summed E-state index contributed by atoms with van der Waals surface area (Å²) in [5, 5.41) is 8.77. The lowest BCUT2D eigenvalue weighted by Crippen LogP contribution is -2.35. The first-order valence-electron chi connectivity index (χ1n) is 7.46. The van der Waals surface area contributed by atoms with Crippen molar-refractivity contribution in [2.75, 3.05) is 13.2 Å². The van der Waals surface area contributed by atoms with Gasteiger partial charge in [0.25, 0.3) is 5.91 Å². The molecule has 0 aliphatic carbocycles. The van der Waals surface area contributed by atoms with Crippen LogP contribution in [0, 0.1) is 11.3 Å². The molecule has 0 aliphatic rings. The zero-order chi connectivity index (χ0) is 17.2. The van der Waals surface area contributed by atoms with E-state index in [0.717, 1.165) is 5.69 Å². The van der Waals surface area contributed by atoms with Crippen molar-refractivity contribution in [1.82, 2.24) is 9.88 Å². The Bertz CT molecular complexity index is 726. The third kappa shape index (κ3) is 4.92. The molecular formula is C18H17N3O3. The van der Waals surface area contributed by atoms with E-state index in [-0.39, 0.29) is 18.9 Å². The van der Waals surface area contributed by atoms with E-state index in [1.165, 1.54) is 4.90 Å². The molecule has 6 nitrogen and oxygen atoms in total. The molecule has 0 fully saturated rings. The van der Waals surface area contributed by atoms with Gasteiger partial charge in [0.1, 0.15) is 5.75 Å². The van der Waals surface area contributed by atoms with E-state index in [9.17, 15) is 9.59 Å². The molecule has 0 bridgehead atoms. The smallest absolute Gasteiger partial charge is 0.260 e. The molecule has 1 heterocycles. The molecule has 2 aromatic rings. The summed E-state index contributed by atoms with van der Waals surface area (Å²) in [4.78, 5) is 29.1. The monoisotopic (exact) mass is 323 g/mol. The van der Waals surface area contributed by atoms with Gasteiger partial charge in [0.15, 0.2) is 12.9 Å². The van der Waals surface area contributed by atoms with Gasteiger partial charge in [-0.3, -0.25) is 14.6 Å². The number of carbonyl (C=O) groups excluding carboxylic acids is 2. The number of amides is 1. The van der Waals surface area contributed by atoms with Gasteiger partial charge in [0.2, 0.25) is 0 Å². The van der Waals surface area contributed by atoms with Gasteiger partial charge in [-0.25, -0.2) is 0 Å². The number of nitrogens with zero attached hydrogens (tertiary/aromatic N) is 3. The molecule has 0 spiro atoms. The molecule has 0 saturated heterocycles. The van der Waals surface area contributed by atoms with E-state index in [1.807, 2.05) is 18.2 Å². The van der Waals surface area contributed by atoms with Gasteiger partial charge in [-0.15, -0.1) is 0 Å². The van der Waals surface area contributed by atoms with Crippen LogP contribution in [0.5, 0.6) is 5.75 Å². The van der Waals surface area contributed by atoms with E-state index in [0.29, 0.717) is 30.7 Å². The Balaban J connectivity index is 2.02. The summed E-state index contributed by atoms with van der Waals surface area (Å²) >= 11 is 0. The highest BCUT2D eigenvalue weighted by molar-refractivity contribution is 5.80. The van der Waals surface area contributed by atoms with Crippen molar-refractivity contribution in [3.63, 3.8) is 0 Å². The lowest BCUT2D eigenvalue weighted by Gasteiger charge is -2.21. The van der Waals surface area contributed by atoms with Gasteiger partial charge in [-0.05, 0) is 24.3 Å². The maximum absolute atomic E-state index is 12.4. The number of hydrogen-bond donors (Lipinski definition) is 0. The molecule has 2 rings (SSSR count). The number of aromatic nitrogens is 1. The Morgan fingerprint density at radius 3 is 2.75 bits per heavy atom. The maximum atomic E-state index is 12.4. The molecule has 0 atom stereocenters. The number of ether oxygens (including phenoxy) is 1. The zero-order valence-corrected chi connectivity index (χ0v) is 13.1. The number of para-hydroxylation sites is 1. The predicted octanol–water partition coefficient (Wildman–Crippen LogP) is 2.22. The number of aldehydes is 1. The van der Waals surface area contributed by atoms with Gasteiger partial charge in [-0.1, -0.05) is 18.2 Å². The van der Waals surface area contributed by atoms with Gasteiger partial charge in [0, 0.05) is 12.7 Å². The number of carbonyl (C=O) groups is 2. The minimum Gasteiger partial charge on any atom is -0.483 e. The van der Waals surface area contributed by atoms with Gasteiger partial charge in [0.05, 0.1) is 30.3 Å². The number of benzene rings is 1. The first-order valence-corrected chi connectivity index (χ1v) is 7.46. The molecule has 6 heteroatoms. The lowest BCUT2D eigenvalue weighted by molar-refractivity contribution is -0.134. The van der Waals surface area contributed by atoms with Crippen molar-refractivity contribution >= 4 is 12.2 Å². The summed E-state index contributed by atoms with van der Waals surface area (Å²) in [6.45, 7) is 0.397. The Kier molecular flexibility index (Phi) is 6.47. The normalized spacial score (nSPS) is 9.79. The van der Waals surface area contributed by atoms with Crippen LogP contribution in [-0.4, -0.2) is 35.2 Å². The van der Waals surface area contributed by atoms with E-state index in [4.69, 9.17) is 10.00 Å². The molecule has 0 saturated carbocycles. The van der Waals surface area contributed by atoms with Crippen LogP contribution < -0.4 is 4.74 Å². The number of hydrogen-bond acceptors (Lipinski definition) is 5. The summed E-state index contributed by atoms with van der Waals surface area (Å²) in [7, 11) is 0. The Morgan fingerprint density at radius 1 is 1.25 bits per heavy atom. The summed E-state index contributed by atoms with van der Waals surface area (Å²) in [6.07, 6.45) is 2.56. The highest BCUT2D eigenvalue weighted by Gasteiger charge is 2.15. The molecule has 1 aromatic heterocycles. The highest BCUT2D eigenvalue weighted by Crippen LogP contribution is 2.15. The zero-order valence-electron chi connectivity index (χ0n) is 13.1. The topological polar surface area (TPSA) is 83.3 Å². The average molecular weight is 323 g/mol. The third-order valence-electron chi connectivity index (χ3n) is 3.32. The second kappa shape index (κ2) is 9.06. The second-order valence-corrected chi connectivity index (χ2v) is 4.99. The Labute approximate surface area is 140 Å². The van der Waals surface area contributed by atoms with Gasteiger partial charge < -0.3 is 9.64 Å². The minimum absolute atomic E-state index is 0.205. The number of pyridine rings is 1. The number of nitriles is 1. The fourth-order valence-corrected chi connectivity index (χ4v) is 2.10. The van der Waals surface area contributed by atoms with Crippen molar-refractivity contribution in [3.05, 3.63) is 59.9 Å². The fourth-order valence-electron chi connectivity index (χ4n) is 2.10. The molecule has 0 unspecified atom stereocenters. The lowest BCUT2D eigenvalue weighted by atomic mass is 10.2. The van der Waals surface area contributed by atoms with Crippen LogP contribution in [0.25, 0.3) is 0 Å². The third-order valence-corrected chi connectivity index (χ3v) is 3.32. The Morgan fingerprint density at radius 2 is 2.04 bits per heavy atom. The van der Waals surface area contributed by atoms with E-state index in [2.05, 4.69) is 4.98 Å².